The summed E-state index contributed by atoms with van der Waals surface area (Å²) in [5, 5.41) is 11.4. The maximum Gasteiger partial charge on any atom is 0.403 e. The first-order valence-electron chi connectivity index (χ1n) is 20.5. The Morgan fingerprint density at radius 3 is 2.30 bits per heavy atom. The third kappa shape index (κ3) is 11.6. The monoisotopic (exact) mass is 905 g/mol. The fourth-order valence-electron chi connectivity index (χ4n) is 7.79. The summed E-state index contributed by atoms with van der Waals surface area (Å²) < 4.78 is 56.2. The molecule has 1 aromatic carbocycles. The van der Waals surface area contributed by atoms with Gasteiger partial charge in [-0.15, -0.1) is 0 Å². The van der Waals surface area contributed by atoms with Gasteiger partial charge in [0, 0.05) is 43.5 Å². The van der Waals surface area contributed by atoms with Crippen molar-refractivity contribution >= 4 is 64.6 Å². The van der Waals surface area contributed by atoms with Gasteiger partial charge in [0.25, 0.3) is 0 Å². The standard InChI is InChI=1S/C41H57Cl2F4N7O7/c1-8-27(49-33(56)31-20-25(44)21-54(31)38(61)40(14-15-40)41(45,46)47)35(58)52(6)29-11-9-10-16-48-37(60)39(4,5)51-34(57)30(19-23-18-24(42)12-13-26(23)43)53(7)36(59)28(17-22(2)3)50-32(29)55/h12-13,18,22,25,27-31H,8-11,14-17,19-21H2,1-7H3,(H,48,60)(H,49,56)(H,50,55)(H,51,57)/t25-,27+,28+,29+,30+,31+/m1/s1. The van der Waals surface area contributed by atoms with Gasteiger partial charge in [-0.3, -0.25) is 33.6 Å². The van der Waals surface area contributed by atoms with Gasteiger partial charge in [0.05, 0.1) is 6.54 Å². The molecule has 0 spiro atoms. The van der Waals surface area contributed by atoms with Gasteiger partial charge >= 0.3 is 6.18 Å². The van der Waals surface area contributed by atoms with Crippen molar-refractivity contribution in [1.29, 1.82) is 0 Å². The zero-order valence-corrected chi connectivity index (χ0v) is 37.0. The van der Waals surface area contributed by atoms with Crippen molar-refractivity contribution < 1.29 is 51.1 Å². The SMILES string of the molecule is CC[C@H](NC(=O)[C@@H]1C[C@@H](F)CN1C(=O)C1(C(F)(F)F)CC1)C(=O)N(C)[C@H]1CCCCNC(=O)C(C)(C)NC(=O)[C@H](Cc2cc(Cl)ccc2Cl)N(C)C(=O)[C@H](CC(C)C)NC1=O. The van der Waals surface area contributed by atoms with Gasteiger partial charge in [-0.25, -0.2) is 4.39 Å². The van der Waals surface area contributed by atoms with E-state index in [0.717, 1.165) is 4.90 Å². The van der Waals surface area contributed by atoms with Crippen LogP contribution in [0.15, 0.2) is 18.2 Å². The molecule has 1 aromatic rings. The molecule has 2 saturated heterocycles. The number of nitrogens with zero attached hydrogens (tertiary/aromatic N) is 3. The van der Waals surface area contributed by atoms with Gasteiger partial charge in [0.15, 0.2) is 0 Å². The number of carbonyl (C=O) groups is 7. The first-order chi connectivity index (χ1) is 28.3. The topological polar surface area (TPSA) is 177 Å². The minimum atomic E-state index is -4.88. The van der Waals surface area contributed by atoms with Crippen LogP contribution in [0.5, 0.6) is 0 Å². The lowest BCUT2D eigenvalue weighted by Gasteiger charge is -2.36. The normalized spacial score (nSPS) is 25.6. The number of halogens is 6. The Bertz CT molecular complexity index is 1850. The molecule has 340 valence electrons. The molecule has 0 unspecified atom stereocenters. The molecule has 3 aliphatic rings. The van der Waals surface area contributed by atoms with Gasteiger partial charge in [-0.1, -0.05) is 44.0 Å². The lowest BCUT2D eigenvalue weighted by atomic mass is 9.97. The van der Waals surface area contributed by atoms with E-state index < -0.39 is 121 Å². The number of likely N-dealkylation sites (N-methyl/N-ethyl adjacent to an activating group) is 2. The number of alkyl halides is 4. The molecule has 0 aromatic heterocycles. The van der Waals surface area contributed by atoms with Crippen LogP contribution in [0.25, 0.3) is 0 Å². The van der Waals surface area contributed by atoms with Crippen LogP contribution >= 0.6 is 23.2 Å². The maximum atomic E-state index is 14.7. The number of hydrogen-bond acceptors (Lipinski definition) is 7. The number of nitrogens with one attached hydrogen (secondary N) is 4. The largest absolute Gasteiger partial charge is 0.403 e. The maximum absolute atomic E-state index is 14.7. The number of likely N-dealkylation sites (tertiary alicyclic amines) is 1. The molecule has 3 fully saturated rings. The van der Waals surface area contributed by atoms with E-state index in [4.69, 9.17) is 23.2 Å². The van der Waals surface area contributed by atoms with E-state index in [1.165, 1.54) is 32.8 Å². The van der Waals surface area contributed by atoms with Crippen LogP contribution < -0.4 is 21.3 Å². The second kappa shape index (κ2) is 19.9. The van der Waals surface area contributed by atoms with Crippen LogP contribution in [-0.2, 0) is 40.0 Å². The molecule has 0 bridgehead atoms. The van der Waals surface area contributed by atoms with Gasteiger partial charge in [0.2, 0.25) is 41.4 Å². The number of rotatable bonds is 10. The average molecular weight is 907 g/mol. The molecule has 0 radical (unpaired) electrons. The summed E-state index contributed by atoms with van der Waals surface area (Å²) in [7, 11) is 2.72. The second-order valence-electron chi connectivity index (χ2n) is 17.3. The molecule has 1 saturated carbocycles. The van der Waals surface area contributed by atoms with Crippen LogP contribution in [0.3, 0.4) is 0 Å². The molecular formula is C41H57Cl2F4N7O7. The third-order valence-electron chi connectivity index (χ3n) is 11.7. The lowest BCUT2D eigenvalue weighted by molar-refractivity contribution is -0.199. The minimum absolute atomic E-state index is 0.0384. The van der Waals surface area contributed by atoms with Crippen LogP contribution in [0, 0.1) is 11.3 Å². The summed E-state index contributed by atoms with van der Waals surface area (Å²) in [4.78, 5) is 99.8. The van der Waals surface area contributed by atoms with Crippen molar-refractivity contribution in [3.63, 3.8) is 0 Å². The molecule has 61 heavy (non-hydrogen) atoms. The van der Waals surface area contributed by atoms with E-state index in [1.807, 2.05) is 13.8 Å². The smallest absolute Gasteiger partial charge is 0.354 e. The van der Waals surface area contributed by atoms with Crippen molar-refractivity contribution in [2.75, 3.05) is 27.2 Å². The fourth-order valence-corrected chi connectivity index (χ4v) is 8.18. The highest BCUT2D eigenvalue weighted by atomic mass is 35.5. The fraction of sp³-hybridized carbons (Fsp3) is 0.683. The van der Waals surface area contributed by atoms with Crippen LogP contribution in [0.4, 0.5) is 17.6 Å². The van der Waals surface area contributed by atoms with Crippen LogP contribution in [0.2, 0.25) is 10.0 Å². The summed E-state index contributed by atoms with van der Waals surface area (Å²) in [5.41, 5.74) is -3.66. The Morgan fingerprint density at radius 2 is 1.70 bits per heavy atom. The summed E-state index contributed by atoms with van der Waals surface area (Å²) in [6.07, 6.45) is -7.53. The van der Waals surface area contributed by atoms with Gasteiger partial charge in [0.1, 0.15) is 47.3 Å². The quantitative estimate of drug-likeness (QED) is 0.256. The van der Waals surface area contributed by atoms with E-state index in [-0.39, 0.29) is 49.6 Å². The molecule has 6 atom stereocenters. The molecule has 20 heteroatoms. The number of hydrogen-bond donors (Lipinski definition) is 4. The van der Waals surface area contributed by atoms with Crippen molar-refractivity contribution in [2.45, 2.75) is 141 Å². The number of benzene rings is 1. The van der Waals surface area contributed by atoms with Gasteiger partial charge < -0.3 is 36.0 Å². The van der Waals surface area contributed by atoms with Crippen molar-refractivity contribution in [3.8, 4) is 0 Å². The summed E-state index contributed by atoms with van der Waals surface area (Å²) >= 11 is 12.7. The molecule has 2 aliphatic heterocycles. The molecule has 1 aliphatic carbocycles. The number of carbonyl (C=O) groups excluding carboxylic acids is 7. The zero-order valence-electron chi connectivity index (χ0n) is 35.5. The molecule has 2 heterocycles. The first kappa shape index (κ1) is 49.5. The summed E-state index contributed by atoms with van der Waals surface area (Å²) in [6.45, 7) is 7.67. The highest BCUT2D eigenvalue weighted by molar-refractivity contribution is 6.33. The van der Waals surface area contributed by atoms with E-state index in [2.05, 4.69) is 21.3 Å². The Labute approximate surface area is 363 Å². The third-order valence-corrected chi connectivity index (χ3v) is 12.3. The summed E-state index contributed by atoms with van der Waals surface area (Å²) in [6, 6.07) is -1.95. The summed E-state index contributed by atoms with van der Waals surface area (Å²) in [5.74, 6) is -5.88. The van der Waals surface area contributed by atoms with Crippen LogP contribution in [0.1, 0.15) is 91.5 Å². The number of amides is 7. The van der Waals surface area contributed by atoms with Crippen molar-refractivity contribution in [1.82, 2.24) is 36.0 Å². The van der Waals surface area contributed by atoms with Crippen molar-refractivity contribution in [2.24, 2.45) is 11.3 Å². The molecule has 4 N–H and O–H groups in total. The zero-order chi connectivity index (χ0) is 45.8. The van der Waals surface area contributed by atoms with Crippen molar-refractivity contribution in [3.05, 3.63) is 33.8 Å². The highest BCUT2D eigenvalue weighted by Crippen LogP contribution is 2.59. The Kier molecular flexibility index (Phi) is 16.1. The van der Waals surface area contributed by atoms with Gasteiger partial charge in [-0.2, -0.15) is 13.2 Å². The predicted octanol–water partition coefficient (Wildman–Crippen LogP) is 4.09. The Morgan fingerprint density at radius 1 is 1.05 bits per heavy atom. The van der Waals surface area contributed by atoms with Crippen LogP contribution in [-0.4, -0.2) is 131 Å². The lowest BCUT2D eigenvalue weighted by Crippen LogP contribution is -2.62. The van der Waals surface area contributed by atoms with Gasteiger partial charge in [-0.05, 0) is 88.5 Å². The Hall–Kier alpha value is -4.19. The highest BCUT2D eigenvalue weighted by Gasteiger charge is 2.70. The predicted molar refractivity (Wildman–Crippen MR) is 219 cm³/mol. The van der Waals surface area contributed by atoms with E-state index in [0.29, 0.717) is 21.9 Å². The average Bonchev–Trinajstić information content (AvgIpc) is 3.92. The van der Waals surface area contributed by atoms with E-state index in [9.17, 15) is 51.1 Å². The molecule has 14 nitrogen and oxygen atoms in total. The molecular weight excluding hydrogens is 849 g/mol. The van der Waals surface area contributed by atoms with E-state index >= 15 is 0 Å². The second-order valence-corrected chi connectivity index (χ2v) is 18.1. The van der Waals surface area contributed by atoms with E-state index in [1.54, 1.807) is 25.1 Å². The minimum Gasteiger partial charge on any atom is -0.354 e. The first-order valence-corrected chi connectivity index (χ1v) is 21.3. The Balaban J connectivity index is 1.62. The molecule has 7 amide bonds. The molecule has 4 rings (SSSR count).